The highest BCUT2D eigenvalue weighted by molar-refractivity contribution is 7.10. The average molecular weight is 233 g/mol. The Bertz CT molecular complexity index is 439. The lowest BCUT2D eigenvalue weighted by Gasteiger charge is -2.11. The lowest BCUT2D eigenvalue weighted by molar-refractivity contribution is 0.574. The highest BCUT2D eigenvalue weighted by atomic mass is 32.1. The van der Waals surface area contributed by atoms with Gasteiger partial charge in [0.1, 0.15) is 5.82 Å². The number of nitrogens with zero attached hydrogens (tertiary/aromatic N) is 2. The molecule has 16 heavy (non-hydrogen) atoms. The van der Waals surface area contributed by atoms with Crippen LogP contribution in [0.2, 0.25) is 0 Å². The molecule has 0 aromatic carbocycles. The van der Waals surface area contributed by atoms with E-state index in [0.29, 0.717) is 6.04 Å². The van der Waals surface area contributed by atoms with Crippen molar-refractivity contribution in [2.24, 2.45) is 0 Å². The van der Waals surface area contributed by atoms with Gasteiger partial charge in [-0.1, -0.05) is 6.07 Å². The first kappa shape index (κ1) is 11.2. The minimum Gasteiger partial charge on any atom is -0.304 e. The van der Waals surface area contributed by atoms with Crippen LogP contribution in [0.1, 0.15) is 29.4 Å². The Labute approximate surface area is 99.6 Å². The van der Waals surface area contributed by atoms with Crippen LogP contribution in [0.4, 0.5) is 0 Å². The fraction of sp³-hybridized carbons (Fsp3) is 0.333. The van der Waals surface area contributed by atoms with Gasteiger partial charge in [-0.25, -0.2) is 9.97 Å². The molecule has 0 saturated heterocycles. The van der Waals surface area contributed by atoms with E-state index in [9.17, 15) is 0 Å². The lowest BCUT2D eigenvalue weighted by atomic mass is 10.2. The van der Waals surface area contributed by atoms with Crippen molar-refractivity contribution < 1.29 is 0 Å². The van der Waals surface area contributed by atoms with Crippen molar-refractivity contribution in [3.8, 4) is 0 Å². The first-order valence-electron chi connectivity index (χ1n) is 5.31. The van der Waals surface area contributed by atoms with Gasteiger partial charge in [-0.3, -0.25) is 0 Å². The summed E-state index contributed by atoms with van der Waals surface area (Å²) in [4.78, 5) is 9.79. The topological polar surface area (TPSA) is 37.8 Å². The van der Waals surface area contributed by atoms with Gasteiger partial charge in [0.15, 0.2) is 0 Å². The Hall–Kier alpha value is -1.26. The second kappa shape index (κ2) is 5.18. The van der Waals surface area contributed by atoms with E-state index < -0.39 is 0 Å². The summed E-state index contributed by atoms with van der Waals surface area (Å²) >= 11 is 1.77. The molecular weight excluding hydrogens is 218 g/mol. The highest BCUT2D eigenvalue weighted by Gasteiger charge is 2.05. The fourth-order valence-corrected chi connectivity index (χ4v) is 2.26. The Morgan fingerprint density at radius 3 is 3.00 bits per heavy atom. The Balaban J connectivity index is 1.92. The molecule has 4 heteroatoms. The summed E-state index contributed by atoms with van der Waals surface area (Å²) in [5, 5.41) is 5.55. The Morgan fingerprint density at radius 2 is 2.31 bits per heavy atom. The van der Waals surface area contributed by atoms with Crippen molar-refractivity contribution >= 4 is 11.3 Å². The molecule has 3 nitrogen and oxygen atoms in total. The van der Waals surface area contributed by atoms with Gasteiger partial charge in [0, 0.05) is 23.7 Å². The van der Waals surface area contributed by atoms with Gasteiger partial charge in [-0.15, -0.1) is 11.3 Å². The van der Waals surface area contributed by atoms with E-state index in [2.05, 4.69) is 39.7 Å². The van der Waals surface area contributed by atoms with E-state index in [1.54, 1.807) is 17.5 Å². The summed E-state index contributed by atoms with van der Waals surface area (Å²) in [5.41, 5.74) is 1.04. The summed E-state index contributed by atoms with van der Waals surface area (Å²) in [7, 11) is 0. The van der Waals surface area contributed by atoms with E-state index in [1.807, 2.05) is 13.0 Å². The summed E-state index contributed by atoms with van der Waals surface area (Å²) < 4.78 is 0. The molecule has 0 aliphatic rings. The van der Waals surface area contributed by atoms with Gasteiger partial charge >= 0.3 is 0 Å². The molecule has 1 N–H and O–H groups in total. The SMILES string of the molecule is Cc1nccc(CN[C@@H](C)c2cccs2)n1. The standard InChI is InChI=1S/C12H15N3S/c1-9(12-4-3-7-16-12)14-8-11-5-6-13-10(2)15-11/h3-7,9,14H,8H2,1-2H3/t9-/m0/s1. The summed E-state index contributed by atoms with van der Waals surface area (Å²) in [5.74, 6) is 0.822. The maximum Gasteiger partial charge on any atom is 0.125 e. The third-order valence-corrected chi connectivity index (χ3v) is 3.45. The van der Waals surface area contributed by atoms with Crippen molar-refractivity contribution in [1.82, 2.24) is 15.3 Å². The zero-order chi connectivity index (χ0) is 11.4. The molecule has 0 amide bonds. The van der Waals surface area contributed by atoms with E-state index in [1.165, 1.54) is 4.88 Å². The Morgan fingerprint density at radius 1 is 1.44 bits per heavy atom. The minimum absolute atomic E-state index is 0.371. The molecule has 0 aliphatic heterocycles. The average Bonchev–Trinajstić information content (AvgIpc) is 2.79. The normalized spacial score (nSPS) is 12.6. The van der Waals surface area contributed by atoms with E-state index in [-0.39, 0.29) is 0 Å². The zero-order valence-electron chi connectivity index (χ0n) is 9.47. The number of thiophene rings is 1. The molecule has 0 unspecified atom stereocenters. The molecule has 0 spiro atoms. The van der Waals surface area contributed by atoms with Crippen LogP contribution in [0.15, 0.2) is 29.8 Å². The van der Waals surface area contributed by atoms with Gasteiger partial charge < -0.3 is 5.32 Å². The molecule has 2 aromatic heterocycles. The number of rotatable bonds is 4. The number of hydrogen-bond acceptors (Lipinski definition) is 4. The smallest absolute Gasteiger partial charge is 0.125 e. The maximum absolute atomic E-state index is 4.36. The van der Waals surface area contributed by atoms with Gasteiger partial charge in [0.05, 0.1) is 5.69 Å². The number of hydrogen-bond donors (Lipinski definition) is 1. The molecule has 0 aliphatic carbocycles. The van der Waals surface area contributed by atoms with Crippen LogP contribution in [0.25, 0.3) is 0 Å². The highest BCUT2D eigenvalue weighted by Crippen LogP contribution is 2.18. The molecule has 84 valence electrons. The van der Waals surface area contributed by atoms with E-state index >= 15 is 0 Å². The monoisotopic (exact) mass is 233 g/mol. The molecule has 2 aromatic rings. The molecule has 0 bridgehead atoms. The van der Waals surface area contributed by atoms with Crippen molar-refractivity contribution in [1.29, 1.82) is 0 Å². The predicted molar refractivity (Wildman–Crippen MR) is 66.3 cm³/mol. The molecule has 0 radical (unpaired) electrons. The quantitative estimate of drug-likeness (QED) is 0.882. The minimum atomic E-state index is 0.371. The second-order valence-corrected chi connectivity index (χ2v) is 4.69. The van der Waals surface area contributed by atoms with Crippen LogP contribution in [-0.4, -0.2) is 9.97 Å². The maximum atomic E-state index is 4.36. The van der Waals surface area contributed by atoms with Crippen LogP contribution in [0.5, 0.6) is 0 Å². The fourth-order valence-electron chi connectivity index (χ4n) is 1.50. The van der Waals surface area contributed by atoms with Gasteiger partial charge in [0.2, 0.25) is 0 Å². The largest absolute Gasteiger partial charge is 0.304 e. The van der Waals surface area contributed by atoms with Crippen LogP contribution >= 0.6 is 11.3 Å². The van der Waals surface area contributed by atoms with Crippen molar-refractivity contribution in [2.45, 2.75) is 26.4 Å². The second-order valence-electron chi connectivity index (χ2n) is 3.71. The first-order valence-corrected chi connectivity index (χ1v) is 6.19. The van der Waals surface area contributed by atoms with E-state index in [4.69, 9.17) is 0 Å². The molecule has 2 rings (SSSR count). The number of nitrogens with one attached hydrogen (secondary N) is 1. The van der Waals surface area contributed by atoms with Gasteiger partial charge in [-0.05, 0) is 31.4 Å². The Kier molecular flexibility index (Phi) is 3.64. The summed E-state index contributed by atoms with van der Waals surface area (Å²) in [6.45, 7) is 4.86. The predicted octanol–water partition coefficient (Wildman–Crippen LogP) is 2.70. The lowest BCUT2D eigenvalue weighted by Crippen LogP contribution is -2.18. The number of aromatic nitrogens is 2. The van der Waals surface area contributed by atoms with Crippen molar-refractivity contribution in [3.63, 3.8) is 0 Å². The van der Waals surface area contributed by atoms with Crippen molar-refractivity contribution in [3.05, 3.63) is 46.2 Å². The van der Waals surface area contributed by atoms with Crippen LogP contribution < -0.4 is 5.32 Å². The molecule has 0 saturated carbocycles. The summed E-state index contributed by atoms with van der Waals surface area (Å²) in [6, 6.07) is 6.54. The third kappa shape index (κ3) is 2.87. The first-order chi connectivity index (χ1) is 7.75. The van der Waals surface area contributed by atoms with E-state index in [0.717, 1.165) is 18.1 Å². The molecule has 2 heterocycles. The third-order valence-electron chi connectivity index (χ3n) is 2.39. The number of aryl methyl sites for hydroxylation is 1. The zero-order valence-corrected chi connectivity index (χ0v) is 10.3. The molecule has 1 atom stereocenters. The van der Waals surface area contributed by atoms with Crippen LogP contribution in [0.3, 0.4) is 0 Å². The molecule has 0 fully saturated rings. The van der Waals surface area contributed by atoms with Gasteiger partial charge in [-0.2, -0.15) is 0 Å². The van der Waals surface area contributed by atoms with Crippen molar-refractivity contribution in [2.75, 3.05) is 0 Å². The van der Waals surface area contributed by atoms with Crippen LogP contribution in [-0.2, 0) is 6.54 Å². The van der Waals surface area contributed by atoms with Gasteiger partial charge in [0.25, 0.3) is 0 Å². The summed E-state index contributed by atoms with van der Waals surface area (Å²) in [6.07, 6.45) is 1.80. The van der Waals surface area contributed by atoms with Crippen LogP contribution in [0, 0.1) is 6.92 Å². The molecular formula is C12H15N3S.